The van der Waals surface area contributed by atoms with E-state index in [-0.39, 0.29) is 12.5 Å². The van der Waals surface area contributed by atoms with Crippen LogP contribution in [0.5, 0.6) is 0 Å². The van der Waals surface area contributed by atoms with Gasteiger partial charge in [0.1, 0.15) is 0 Å². The van der Waals surface area contributed by atoms with Gasteiger partial charge in [0.2, 0.25) is 5.89 Å². The minimum absolute atomic E-state index is 0.0542. The predicted molar refractivity (Wildman–Crippen MR) is 87.1 cm³/mol. The number of thioether (sulfide) groups is 1. The second kappa shape index (κ2) is 7.11. The SMILES string of the molecule is CSc1ccccc1C(=O)OCc1nnc(-c2ccccc2)o1. The highest BCUT2D eigenvalue weighted by atomic mass is 32.2. The largest absolute Gasteiger partial charge is 0.452 e. The Balaban J connectivity index is 1.67. The Morgan fingerprint density at radius 3 is 2.61 bits per heavy atom. The van der Waals surface area contributed by atoms with Gasteiger partial charge >= 0.3 is 5.97 Å². The standard InChI is InChI=1S/C17H14N2O3S/c1-23-14-10-6-5-9-13(14)17(20)21-11-15-18-19-16(22-15)12-7-3-2-4-8-12/h2-10H,11H2,1H3. The summed E-state index contributed by atoms with van der Waals surface area (Å²) in [7, 11) is 0. The molecule has 0 fully saturated rings. The fraction of sp³-hybridized carbons (Fsp3) is 0.118. The molecule has 3 aromatic rings. The number of nitrogens with zero attached hydrogens (tertiary/aromatic N) is 2. The van der Waals surface area contributed by atoms with Crippen molar-refractivity contribution in [3.05, 3.63) is 66.1 Å². The van der Waals surface area contributed by atoms with Gasteiger partial charge in [0.05, 0.1) is 5.56 Å². The summed E-state index contributed by atoms with van der Waals surface area (Å²) in [5, 5.41) is 7.86. The molecular formula is C17H14N2O3S. The smallest absolute Gasteiger partial charge is 0.339 e. The van der Waals surface area contributed by atoms with E-state index < -0.39 is 5.97 Å². The first kappa shape index (κ1) is 15.3. The number of rotatable bonds is 5. The molecule has 0 aliphatic carbocycles. The highest BCUT2D eigenvalue weighted by Gasteiger charge is 2.14. The minimum Gasteiger partial charge on any atom is -0.452 e. The van der Waals surface area contributed by atoms with E-state index in [1.807, 2.05) is 48.7 Å². The molecule has 0 unspecified atom stereocenters. The summed E-state index contributed by atoms with van der Waals surface area (Å²) in [6.45, 7) is -0.0542. The second-order valence-corrected chi connectivity index (χ2v) is 5.49. The highest BCUT2D eigenvalue weighted by molar-refractivity contribution is 7.98. The van der Waals surface area contributed by atoms with Crippen LogP contribution >= 0.6 is 11.8 Å². The molecule has 0 N–H and O–H groups in total. The molecule has 1 aromatic heterocycles. The Hall–Kier alpha value is -2.60. The lowest BCUT2D eigenvalue weighted by Gasteiger charge is -2.05. The van der Waals surface area contributed by atoms with Crippen molar-refractivity contribution in [2.45, 2.75) is 11.5 Å². The monoisotopic (exact) mass is 326 g/mol. The van der Waals surface area contributed by atoms with Gasteiger partial charge in [0.25, 0.3) is 5.89 Å². The number of ether oxygens (including phenoxy) is 1. The molecule has 23 heavy (non-hydrogen) atoms. The quantitative estimate of drug-likeness (QED) is 0.524. The zero-order chi connectivity index (χ0) is 16.1. The third-order valence-electron chi connectivity index (χ3n) is 3.14. The van der Waals surface area contributed by atoms with E-state index >= 15 is 0 Å². The van der Waals surface area contributed by atoms with Crippen LogP contribution < -0.4 is 0 Å². The molecule has 0 radical (unpaired) electrons. The van der Waals surface area contributed by atoms with E-state index in [1.54, 1.807) is 12.1 Å². The molecule has 1 heterocycles. The van der Waals surface area contributed by atoms with Gasteiger partial charge in [-0.2, -0.15) is 0 Å². The Kier molecular flexibility index (Phi) is 4.73. The number of carbonyl (C=O) groups excluding carboxylic acids is 1. The van der Waals surface area contributed by atoms with Crippen molar-refractivity contribution in [2.75, 3.05) is 6.26 Å². The summed E-state index contributed by atoms with van der Waals surface area (Å²) in [5.74, 6) is 0.259. The van der Waals surface area contributed by atoms with Gasteiger partial charge in [-0.05, 0) is 30.5 Å². The van der Waals surface area contributed by atoms with Crippen LogP contribution in [0.25, 0.3) is 11.5 Å². The molecule has 116 valence electrons. The summed E-state index contributed by atoms with van der Waals surface area (Å²) >= 11 is 1.49. The highest BCUT2D eigenvalue weighted by Crippen LogP contribution is 2.21. The fourth-order valence-electron chi connectivity index (χ4n) is 2.03. The third kappa shape index (κ3) is 3.60. The molecule has 0 bridgehead atoms. The zero-order valence-corrected chi connectivity index (χ0v) is 13.2. The number of hydrogen-bond acceptors (Lipinski definition) is 6. The van der Waals surface area contributed by atoms with Gasteiger partial charge in [-0.15, -0.1) is 22.0 Å². The van der Waals surface area contributed by atoms with E-state index in [0.717, 1.165) is 10.5 Å². The lowest BCUT2D eigenvalue weighted by Crippen LogP contribution is -2.06. The van der Waals surface area contributed by atoms with Crippen molar-refractivity contribution in [2.24, 2.45) is 0 Å². The molecule has 0 amide bonds. The summed E-state index contributed by atoms with van der Waals surface area (Å²) in [4.78, 5) is 13.0. The average molecular weight is 326 g/mol. The van der Waals surface area contributed by atoms with Crippen LogP contribution in [0, 0.1) is 0 Å². The molecule has 0 aliphatic rings. The number of aromatic nitrogens is 2. The van der Waals surface area contributed by atoms with Crippen molar-refractivity contribution in [1.29, 1.82) is 0 Å². The molecule has 0 aliphatic heterocycles. The van der Waals surface area contributed by atoms with Gasteiger partial charge in [0.15, 0.2) is 6.61 Å². The second-order valence-electron chi connectivity index (χ2n) is 4.64. The van der Waals surface area contributed by atoms with E-state index in [0.29, 0.717) is 11.5 Å². The van der Waals surface area contributed by atoms with Crippen LogP contribution in [-0.4, -0.2) is 22.4 Å². The molecule has 0 spiro atoms. The zero-order valence-electron chi connectivity index (χ0n) is 12.4. The van der Waals surface area contributed by atoms with Gasteiger partial charge in [-0.1, -0.05) is 30.3 Å². The summed E-state index contributed by atoms with van der Waals surface area (Å²) in [6, 6.07) is 16.7. The first-order chi connectivity index (χ1) is 11.3. The lowest BCUT2D eigenvalue weighted by atomic mass is 10.2. The Bertz CT molecular complexity index is 802. The molecular weight excluding hydrogens is 312 g/mol. The maximum absolute atomic E-state index is 12.1. The maximum atomic E-state index is 12.1. The van der Waals surface area contributed by atoms with E-state index in [4.69, 9.17) is 9.15 Å². The predicted octanol–water partition coefficient (Wildman–Crippen LogP) is 3.82. The van der Waals surface area contributed by atoms with Gasteiger partial charge in [-0.3, -0.25) is 0 Å². The Morgan fingerprint density at radius 2 is 1.83 bits per heavy atom. The van der Waals surface area contributed by atoms with Crippen molar-refractivity contribution in [3.8, 4) is 11.5 Å². The molecule has 5 nitrogen and oxygen atoms in total. The Labute approximate surface area is 137 Å². The first-order valence-electron chi connectivity index (χ1n) is 6.96. The third-order valence-corrected chi connectivity index (χ3v) is 3.94. The summed E-state index contributed by atoms with van der Waals surface area (Å²) in [5.41, 5.74) is 1.35. The van der Waals surface area contributed by atoms with Gasteiger partial charge in [-0.25, -0.2) is 4.79 Å². The average Bonchev–Trinajstić information content (AvgIpc) is 3.09. The van der Waals surface area contributed by atoms with Crippen molar-refractivity contribution >= 4 is 17.7 Å². The number of carbonyl (C=O) groups is 1. The van der Waals surface area contributed by atoms with Gasteiger partial charge < -0.3 is 9.15 Å². The van der Waals surface area contributed by atoms with Crippen LogP contribution in [0.3, 0.4) is 0 Å². The van der Waals surface area contributed by atoms with E-state index in [1.165, 1.54) is 11.8 Å². The van der Waals surface area contributed by atoms with Gasteiger partial charge in [0, 0.05) is 10.5 Å². The van der Waals surface area contributed by atoms with Crippen LogP contribution in [0.1, 0.15) is 16.2 Å². The summed E-state index contributed by atoms with van der Waals surface area (Å²) in [6.07, 6.45) is 1.91. The molecule has 0 saturated carbocycles. The summed E-state index contributed by atoms with van der Waals surface area (Å²) < 4.78 is 10.8. The number of benzene rings is 2. The van der Waals surface area contributed by atoms with Crippen LogP contribution in [-0.2, 0) is 11.3 Å². The molecule has 2 aromatic carbocycles. The van der Waals surface area contributed by atoms with E-state index in [2.05, 4.69) is 10.2 Å². The Morgan fingerprint density at radius 1 is 1.09 bits per heavy atom. The fourth-order valence-corrected chi connectivity index (χ4v) is 2.61. The first-order valence-corrected chi connectivity index (χ1v) is 8.18. The topological polar surface area (TPSA) is 65.2 Å². The van der Waals surface area contributed by atoms with Crippen LogP contribution in [0.15, 0.2) is 63.9 Å². The lowest BCUT2D eigenvalue weighted by molar-refractivity contribution is 0.0434. The van der Waals surface area contributed by atoms with Crippen LogP contribution in [0.2, 0.25) is 0 Å². The molecule has 6 heteroatoms. The van der Waals surface area contributed by atoms with E-state index in [9.17, 15) is 4.79 Å². The van der Waals surface area contributed by atoms with Crippen LogP contribution in [0.4, 0.5) is 0 Å². The number of esters is 1. The normalized spacial score (nSPS) is 10.5. The van der Waals surface area contributed by atoms with Crippen molar-refractivity contribution in [3.63, 3.8) is 0 Å². The van der Waals surface area contributed by atoms with Crippen molar-refractivity contribution < 1.29 is 13.9 Å². The molecule has 0 atom stereocenters. The minimum atomic E-state index is -0.408. The molecule has 0 saturated heterocycles. The number of hydrogen-bond donors (Lipinski definition) is 0. The van der Waals surface area contributed by atoms with Crippen molar-refractivity contribution in [1.82, 2.24) is 10.2 Å². The molecule has 3 rings (SSSR count). The maximum Gasteiger partial charge on any atom is 0.339 e.